The SMILES string of the molecule is O=C1c2ccn(Cc3ccccc3)c2C=CCN1CCCN1CCN(c2ccccc2)CC1. The van der Waals surface area contributed by atoms with Crippen molar-refractivity contribution in [2.45, 2.75) is 13.0 Å². The van der Waals surface area contributed by atoms with Gasteiger partial charge in [-0.05, 0) is 42.8 Å². The Bertz CT molecular complexity index is 1080. The lowest BCUT2D eigenvalue weighted by Crippen LogP contribution is -2.47. The first kappa shape index (κ1) is 21.5. The minimum atomic E-state index is 0.149. The number of carbonyl (C=O) groups excluding carboxylic acids is 1. The predicted octanol–water partition coefficient (Wildman–Crippen LogP) is 4.22. The van der Waals surface area contributed by atoms with E-state index < -0.39 is 0 Å². The van der Waals surface area contributed by atoms with E-state index in [0.717, 1.165) is 63.5 Å². The van der Waals surface area contributed by atoms with E-state index >= 15 is 0 Å². The second-order valence-corrected chi connectivity index (χ2v) is 8.90. The fourth-order valence-electron chi connectivity index (χ4n) is 4.86. The maximum absolute atomic E-state index is 13.2. The molecule has 2 aliphatic rings. The molecule has 33 heavy (non-hydrogen) atoms. The van der Waals surface area contributed by atoms with Crippen molar-refractivity contribution in [1.82, 2.24) is 14.4 Å². The maximum Gasteiger partial charge on any atom is 0.256 e. The van der Waals surface area contributed by atoms with Crippen LogP contribution in [0.2, 0.25) is 0 Å². The molecule has 5 nitrogen and oxygen atoms in total. The van der Waals surface area contributed by atoms with Gasteiger partial charge in [0.1, 0.15) is 0 Å². The van der Waals surface area contributed by atoms with Crippen molar-refractivity contribution < 1.29 is 4.79 Å². The van der Waals surface area contributed by atoms with Crippen LogP contribution in [0, 0.1) is 0 Å². The summed E-state index contributed by atoms with van der Waals surface area (Å²) in [5.41, 5.74) is 4.39. The highest BCUT2D eigenvalue weighted by Gasteiger charge is 2.23. The number of amides is 1. The smallest absolute Gasteiger partial charge is 0.256 e. The average Bonchev–Trinajstić information content (AvgIpc) is 3.19. The Labute approximate surface area is 196 Å². The summed E-state index contributed by atoms with van der Waals surface area (Å²) < 4.78 is 2.18. The van der Waals surface area contributed by atoms with E-state index in [9.17, 15) is 4.79 Å². The van der Waals surface area contributed by atoms with Crippen molar-refractivity contribution in [1.29, 1.82) is 0 Å². The summed E-state index contributed by atoms with van der Waals surface area (Å²) in [5.74, 6) is 0.149. The number of carbonyl (C=O) groups is 1. The zero-order chi connectivity index (χ0) is 22.5. The Morgan fingerprint density at radius 3 is 2.27 bits per heavy atom. The third-order valence-electron chi connectivity index (χ3n) is 6.72. The van der Waals surface area contributed by atoms with Gasteiger partial charge in [0.2, 0.25) is 0 Å². The van der Waals surface area contributed by atoms with Gasteiger partial charge >= 0.3 is 0 Å². The summed E-state index contributed by atoms with van der Waals surface area (Å²) in [6.07, 6.45) is 7.28. The number of piperazine rings is 1. The second kappa shape index (κ2) is 10.1. The number of fused-ring (bicyclic) bond motifs is 1. The number of nitrogens with zero attached hydrogens (tertiary/aromatic N) is 4. The second-order valence-electron chi connectivity index (χ2n) is 8.90. The molecule has 0 atom stereocenters. The summed E-state index contributed by atoms with van der Waals surface area (Å²) in [5, 5.41) is 0. The molecule has 5 heteroatoms. The van der Waals surface area contributed by atoms with Crippen LogP contribution < -0.4 is 4.90 Å². The normalized spacial score (nSPS) is 16.7. The molecule has 0 N–H and O–H groups in total. The zero-order valence-electron chi connectivity index (χ0n) is 19.1. The number of hydrogen-bond acceptors (Lipinski definition) is 3. The number of rotatable bonds is 7. The number of para-hydroxylation sites is 1. The van der Waals surface area contributed by atoms with Crippen LogP contribution in [-0.4, -0.2) is 66.1 Å². The monoisotopic (exact) mass is 440 g/mol. The topological polar surface area (TPSA) is 31.7 Å². The van der Waals surface area contributed by atoms with Crippen molar-refractivity contribution in [3.05, 3.63) is 95.8 Å². The minimum absolute atomic E-state index is 0.149. The molecule has 2 aromatic carbocycles. The molecule has 170 valence electrons. The van der Waals surface area contributed by atoms with Crippen LogP contribution in [0.3, 0.4) is 0 Å². The molecule has 1 amide bonds. The van der Waals surface area contributed by atoms with E-state index in [-0.39, 0.29) is 5.91 Å². The number of aromatic nitrogens is 1. The lowest BCUT2D eigenvalue weighted by molar-refractivity contribution is 0.0767. The molecule has 0 bridgehead atoms. The van der Waals surface area contributed by atoms with Gasteiger partial charge in [-0.1, -0.05) is 54.6 Å². The van der Waals surface area contributed by atoms with Gasteiger partial charge in [-0.2, -0.15) is 0 Å². The van der Waals surface area contributed by atoms with Crippen LogP contribution in [0.1, 0.15) is 28.0 Å². The van der Waals surface area contributed by atoms with Crippen molar-refractivity contribution in [2.24, 2.45) is 0 Å². The quantitative estimate of drug-likeness (QED) is 0.551. The molecule has 1 saturated heterocycles. The van der Waals surface area contributed by atoms with E-state index in [2.05, 4.69) is 81.1 Å². The molecule has 0 radical (unpaired) electrons. The molecule has 0 aliphatic carbocycles. The van der Waals surface area contributed by atoms with E-state index in [0.29, 0.717) is 6.54 Å². The van der Waals surface area contributed by atoms with Gasteiger partial charge in [-0.3, -0.25) is 9.69 Å². The number of hydrogen-bond donors (Lipinski definition) is 0. The van der Waals surface area contributed by atoms with Gasteiger partial charge in [0, 0.05) is 57.7 Å². The zero-order valence-corrected chi connectivity index (χ0v) is 19.1. The summed E-state index contributed by atoms with van der Waals surface area (Å²) >= 11 is 0. The van der Waals surface area contributed by atoms with Crippen molar-refractivity contribution in [3.8, 4) is 0 Å². The Kier molecular flexibility index (Phi) is 6.58. The number of anilines is 1. The van der Waals surface area contributed by atoms with E-state index in [1.807, 2.05) is 23.2 Å². The van der Waals surface area contributed by atoms with Crippen LogP contribution >= 0.6 is 0 Å². The van der Waals surface area contributed by atoms with Gasteiger partial charge in [0.15, 0.2) is 0 Å². The Balaban J connectivity index is 1.13. The Hall–Kier alpha value is -3.31. The van der Waals surface area contributed by atoms with Gasteiger partial charge < -0.3 is 14.4 Å². The fraction of sp³-hybridized carbons (Fsp3) is 0.321. The molecular weight excluding hydrogens is 408 g/mol. The highest BCUT2D eigenvalue weighted by molar-refractivity contribution is 5.98. The van der Waals surface area contributed by atoms with Crippen molar-refractivity contribution >= 4 is 17.7 Å². The van der Waals surface area contributed by atoms with E-state index in [1.54, 1.807) is 0 Å². The largest absolute Gasteiger partial charge is 0.369 e. The standard InChI is InChI=1S/C28H32N4O/c33-28-26-14-18-32(23-24-9-3-1-4-10-24)27(26)13-7-16-31(28)17-8-15-29-19-21-30(22-20-29)25-11-5-2-6-12-25/h1-7,9-14,18H,8,15-17,19-23H2. The molecule has 5 rings (SSSR count). The first-order valence-corrected chi connectivity index (χ1v) is 12.0. The fourth-order valence-corrected chi connectivity index (χ4v) is 4.86. The third kappa shape index (κ3) is 5.04. The predicted molar refractivity (Wildman–Crippen MR) is 135 cm³/mol. The van der Waals surface area contributed by atoms with Crippen LogP contribution in [-0.2, 0) is 6.54 Å². The first-order chi connectivity index (χ1) is 16.3. The highest BCUT2D eigenvalue weighted by Crippen LogP contribution is 2.21. The molecule has 3 heterocycles. The molecule has 1 fully saturated rings. The maximum atomic E-state index is 13.2. The third-order valence-corrected chi connectivity index (χ3v) is 6.72. The van der Waals surface area contributed by atoms with Crippen LogP contribution in [0.5, 0.6) is 0 Å². The average molecular weight is 441 g/mol. The first-order valence-electron chi connectivity index (χ1n) is 12.0. The van der Waals surface area contributed by atoms with Gasteiger partial charge in [0.25, 0.3) is 5.91 Å². The molecular formula is C28H32N4O. The minimum Gasteiger partial charge on any atom is -0.369 e. The van der Waals surface area contributed by atoms with Crippen molar-refractivity contribution in [3.63, 3.8) is 0 Å². The highest BCUT2D eigenvalue weighted by atomic mass is 16.2. The van der Waals surface area contributed by atoms with Gasteiger partial charge in [-0.15, -0.1) is 0 Å². The molecule has 1 aromatic heterocycles. The molecule has 0 spiro atoms. The Morgan fingerprint density at radius 2 is 1.52 bits per heavy atom. The molecule has 3 aromatic rings. The van der Waals surface area contributed by atoms with Gasteiger partial charge in [-0.25, -0.2) is 0 Å². The van der Waals surface area contributed by atoms with E-state index in [4.69, 9.17) is 0 Å². The van der Waals surface area contributed by atoms with Crippen LogP contribution in [0.4, 0.5) is 5.69 Å². The molecule has 0 unspecified atom stereocenters. The Morgan fingerprint density at radius 1 is 0.788 bits per heavy atom. The van der Waals surface area contributed by atoms with E-state index in [1.165, 1.54) is 11.3 Å². The summed E-state index contributed by atoms with van der Waals surface area (Å²) in [4.78, 5) is 20.2. The summed E-state index contributed by atoms with van der Waals surface area (Å²) in [7, 11) is 0. The molecule has 0 saturated carbocycles. The lowest BCUT2D eigenvalue weighted by atomic mass is 10.2. The van der Waals surface area contributed by atoms with Crippen LogP contribution in [0.15, 0.2) is 79.0 Å². The number of benzene rings is 2. The van der Waals surface area contributed by atoms with Crippen LogP contribution in [0.25, 0.3) is 6.08 Å². The molecule has 2 aliphatic heterocycles. The van der Waals surface area contributed by atoms with Crippen molar-refractivity contribution in [2.75, 3.05) is 50.7 Å². The summed E-state index contributed by atoms with van der Waals surface area (Å²) in [6, 6.07) is 23.0. The lowest BCUT2D eigenvalue weighted by Gasteiger charge is -2.36. The summed E-state index contributed by atoms with van der Waals surface area (Å²) in [6.45, 7) is 7.58. The van der Waals surface area contributed by atoms with Gasteiger partial charge in [0.05, 0.1) is 11.3 Å².